The molecule has 0 fully saturated rings. The largest absolute Gasteiger partial charge is 0.314 e. The highest BCUT2D eigenvalue weighted by atomic mass is 14.9. The average Bonchev–Trinajstić information content (AvgIpc) is 2.14. The van der Waals surface area contributed by atoms with Crippen LogP contribution in [0.4, 0.5) is 0 Å². The summed E-state index contributed by atoms with van der Waals surface area (Å²) in [4.78, 5) is 0. The molecule has 0 aliphatic carbocycles. The molecule has 1 N–H and O–H groups in total. The molecule has 1 heteroatoms. The van der Waals surface area contributed by atoms with Crippen LogP contribution in [-0.2, 0) is 0 Å². The lowest BCUT2D eigenvalue weighted by atomic mass is 10.1. The van der Waals surface area contributed by atoms with E-state index >= 15 is 0 Å². The van der Waals surface area contributed by atoms with Crippen LogP contribution in [-0.4, -0.2) is 12.6 Å². The van der Waals surface area contributed by atoms with Gasteiger partial charge in [0.05, 0.1) is 0 Å². The van der Waals surface area contributed by atoms with E-state index in [1.54, 1.807) is 0 Å². The van der Waals surface area contributed by atoms with Crippen molar-refractivity contribution < 1.29 is 0 Å². The predicted molar refractivity (Wildman–Crippen MR) is 59.7 cm³/mol. The number of hydrogen-bond donors (Lipinski definition) is 1. The van der Waals surface area contributed by atoms with E-state index in [1.165, 1.54) is 25.7 Å². The third kappa shape index (κ3) is 7.87. The molecule has 13 heavy (non-hydrogen) atoms. The van der Waals surface area contributed by atoms with E-state index in [2.05, 4.69) is 31.0 Å². The molecule has 0 aliphatic heterocycles. The van der Waals surface area contributed by atoms with Crippen molar-refractivity contribution in [2.75, 3.05) is 6.54 Å². The van der Waals surface area contributed by atoms with Crippen LogP contribution in [0.25, 0.3) is 0 Å². The third-order valence-corrected chi connectivity index (χ3v) is 2.11. The van der Waals surface area contributed by atoms with Gasteiger partial charge >= 0.3 is 0 Å². The Balaban J connectivity index is 3.57. The zero-order valence-electron chi connectivity index (χ0n) is 9.32. The van der Waals surface area contributed by atoms with Crippen molar-refractivity contribution in [3.63, 3.8) is 0 Å². The van der Waals surface area contributed by atoms with Crippen molar-refractivity contribution >= 4 is 0 Å². The molecule has 0 aromatic heterocycles. The zero-order valence-corrected chi connectivity index (χ0v) is 9.32. The highest BCUT2D eigenvalue weighted by molar-refractivity contribution is 4.95. The zero-order chi connectivity index (χ0) is 9.94. The average molecular weight is 181 g/mol. The van der Waals surface area contributed by atoms with Crippen LogP contribution in [0.15, 0.2) is 0 Å². The Hall–Kier alpha value is -0.480. The van der Waals surface area contributed by atoms with Crippen molar-refractivity contribution in [1.29, 1.82) is 0 Å². The van der Waals surface area contributed by atoms with Gasteiger partial charge in [-0.2, -0.15) is 0 Å². The maximum Gasteiger partial charge on any atom is 0.0103 e. The summed E-state index contributed by atoms with van der Waals surface area (Å²) in [5.41, 5.74) is 0. The summed E-state index contributed by atoms with van der Waals surface area (Å²) in [5, 5.41) is 3.56. The van der Waals surface area contributed by atoms with Gasteiger partial charge in [0, 0.05) is 12.5 Å². The molecule has 0 spiro atoms. The molecular weight excluding hydrogens is 158 g/mol. The molecular formula is C12H23N. The smallest absolute Gasteiger partial charge is 0.0103 e. The van der Waals surface area contributed by atoms with Crippen molar-refractivity contribution in [2.24, 2.45) is 0 Å². The Bertz CT molecular complexity index is 152. The molecule has 1 atom stereocenters. The lowest BCUT2D eigenvalue weighted by Crippen LogP contribution is -2.29. The lowest BCUT2D eigenvalue weighted by Gasteiger charge is -2.16. The van der Waals surface area contributed by atoms with E-state index in [9.17, 15) is 0 Å². The minimum atomic E-state index is 0.686. The fourth-order valence-corrected chi connectivity index (χ4v) is 1.42. The minimum Gasteiger partial charge on any atom is -0.314 e. The van der Waals surface area contributed by atoms with Crippen LogP contribution < -0.4 is 5.32 Å². The number of nitrogens with one attached hydrogen (secondary N) is 1. The molecule has 76 valence electrons. The summed E-state index contributed by atoms with van der Waals surface area (Å²) >= 11 is 0. The summed E-state index contributed by atoms with van der Waals surface area (Å²) in [7, 11) is 0. The topological polar surface area (TPSA) is 12.0 Å². The van der Waals surface area contributed by atoms with E-state index in [0.29, 0.717) is 6.04 Å². The van der Waals surface area contributed by atoms with Crippen LogP contribution in [0.3, 0.4) is 0 Å². The maximum atomic E-state index is 3.56. The number of hydrogen-bond acceptors (Lipinski definition) is 1. The predicted octanol–water partition coefficient (Wildman–Crippen LogP) is 2.96. The van der Waals surface area contributed by atoms with Crippen LogP contribution in [0.1, 0.15) is 52.9 Å². The first-order chi connectivity index (χ1) is 6.35. The van der Waals surface area contributed by atoms with Gasteiger partial charge in [0.15, 0.2) is 0 Å². The Labute approximate surface area is 83.3 Å². The Morgan fingerprint density at radius 2 is 1.92 bits per heavy atom. The van der Waals surface area contributed by atoms with Crippen molar-refractivity contribution in [2.45, 2.75) is 58.9 Å². The van der Waals surface area contributed by atoms with Crippen molar-refractivity contribution in [3.8, 4) is 11.8 Å². The lowest BCUT2D eigenvalue weighted by molar-refractivity contribution is 0.453. The second-order valence-corrected chi connectivity index (χ2v) is 3.41. The van der Waals surface area contributed by atoms with E-state index in [0.717, 1.165) is 13.0 Å². The fourth-order valence-electron chi connectivity index (χ4n) is 1.42. The summed E-state index contributed by atoms with van der Waals surface area (Å²) in [5.74, 6) is 6.07. The van der Waals surface area contributed by atoms with Gasteiger partial charge < -0.3 is 5.32 Å². The highest BCUT2D eigenvalue weighted by Gasteiger charge is 2.04. The van der Waals surface area contributed by atoms with Gasteiger partial charge in [-0.1, -0.05) is 20.3 Å². The molecule has 1 nitrogen and oxygen atoms in total. The number of rotatable bonds is 7. The summed E-state index contributed by atoms with van der Waals surface area (Å²) in [6, 6.07) is 0.686. The van der Waals surface area contributed by atoms with E-state index in [-0.39, 0.29) is 0 Å². The molecule has 0 aromatic carbocycles. The van der Waals surface area contributed by atoms with E-state index in [4.69, 9.17) is 0 Å². The standard InChI is InChI=1S/C12H23N/c1-4-7-8-10-12(9-5-2)13-11-6-3/h12-13H,5-6,8-11H2,1-3H3. The molecule has 1 unspecified atom stereocenters. The Morgan fingerprint density at radius 3 is 2.46 bits per heavy atom. The molecule has 0 rings (SSSR count). The first-order valence-electron chi connectivity index (χ1n) is 5.48. The maximum absolute atomic E-state index is 3.56. The van der Waals surface area contributed by atoms with Gasteiger partial charge in [0.2, 0.25) is 0 Å². The third-order valence-electron chi connectivity index (χ3n) is 2.11. The molecule has 0 heterocycles. The first-order valence-corrected chi connectivity index (χ1v) is 5.48. The first kappa shape index (κ1) is 12.5. The second-order valence-electron chi connectivity index (χ2n) is 3.41. The molecule has 0 saturated carbocycles. The monoisotopic (exact) mass is 181 g/mol. The summed E-state index contributed by atoms with van der Waals surface area (Å²) < 4.78 is 0. The van der Waals surface area contributed by atoms with Crippen LogP contribution in [0.2, 0.25) is 0 Å². The SMILES string of the molecule is CC#CCCC(CCC)NCCC. The van der Waals surface area contributed by atoms with Crippen LogP contribution in [0, 0.1) is 11.8 Å². The second kappa shape index (κ2) is 9.61. The quantitative estimate of drug-likeness (QED) is 0.595. The molecule has 0 saturated heterocycles. The minimum absolute atomic E-state index is 0.686. The molecule has 0 aliphatic rings. The van der Waals surface area contributed by atoms with Crippen LogP contribution >= 0.6 is 0 Å². The van der Waals surface area contributed by atoms with Gasteiger partial charge in [-0.15, -0.1) is 11.8 Å². The van der Waals surface area contributed by atoms with Gasteiger partial charge in [-0.3, -0.25) is 0 Å². The summed E-state index contributed by atoms with van der Waals surface area (Å²) in [6.07, 6.45) is 6.01. The molecule has 0 aromatic rings. The van der Waals surface area contributed by atoms with Gasteiger partial charge in [0.1, 0.15) is 0 Å². The van der Waals surface area contributed by atoms with E-state index in [1.807, 2.05) is 6.92 Å². The molecule has 0 amide bonds. The Kier molecular flexibility index (Phi) is 9.25. The normalized spacial score (nSPS) is 11.9. The van der Waals surface area contributed by atoms with Gasteiger partial charge in [-0.25, -0.2) is 0 Å². The molecule has 0 radical (unpaired) electrons. The molecule has 0 bridgehead atoms. The fraction of sp³-hybridized carbons (Fsp3) is 0.833. The van der Waals surface area contributed by atoms with Gasteiger partial charge in [-0.05, 0) is 32.7 Å². The van der Waals surface area contributed by atoms with E-state index < -0.39 is 0 Å². The van der Waals surface area contributed by atoms with Crippen molar-refractivity contribution in [1.82, 2.24) is 5.32 Å². The van der Waals surface area contributed by atoms with Crippen molar-refractivity contribution in [3.05, 3.63) is 0 Å². The Morgan fingerprint density at radius 1 is 1.15 bits per heavy atom. The van der Waals surface area contributed by atoms with Gasteiger partial charge in [0.25, 0.3) is 0 Å². The highest BCUT2D eigenvalue weighted by Crippen LogP contribution is 2.04. The van der Waals surface area contributed by atoms with Crippen LogP contribution in [0.5, 0.6) is 0 Å². The summed E-state index contributed by atoms with van der Waals surface area (Å²) in [6.45, 7) is 7.51.